The van der Waals surface area contributed by atoms with Crippen LogP contribution < -0.4 is 10.1 Å². The van der Waals surface area contributed by atoms with Crippen LogP contribution in [0.4, 0.5) is 8.78 Å². The molecule has 200 valence electrons. The summed E-state index contributed by atoms with van der Waals surface area (Å²) in [5.74, 6) is -0.121. The van der Waals surface area contributed by atoms with Crippen LogP contribution >= 0.6 is 0 Å². The first-order valence-electron chi connectivity index (χ1n) is 13.4. The molecular formula is C33H32F2N2O2. The SMILES string of the molecule is CC[C@H](Oc1ccc2c(c1)[C@@H](c1ccccc1)N(Cc1ccccc1F)CC2)C(=O)NCc1ccc(F)cc1. The third kappa shape index (κ3) is 6.35. The number of carbonyl (C=O) groups excluding carboxylic acids is 1. The van der Waals surface area contributed by atoms with Crippen molar-refractivity contribution in [3.63, 3.8) is 0 Å². The predicted molar refractivity (Wildman–Crippen MR) is 148 cm³/mol. The largest absolute Gasteiger partial charge is 0.481 e. The minimum atomic E-state index is -0.670. The van der Waals surface area contributed by atoms with Crippen LogP contribution in [0.25, 0.3) is 0 Å². The highest BCUT2D eigenvalue weighted by Crippen LogP contribution is 2.38. The number of amides is 1. The van der Waals surface area contributed by atoms with Crippen molar-refractivity contribution in [2.45, 2.75) is 45.0 Å². The molecule has 4 aromatic rings. The van der Waals surface area contributed by atoms with Crippen LogP contribution in [0, 0.1) is 11.6 Å². The van der Waals surface area contributed by atoms with Gasteiger partial charge in [0.05, 0.1) is 6.04 Å². The maximum atomic E-state index is 14.6. The molecule has 6 heteroatoms. The van der Waals surface area contributed by atoms with E-state index in [1.54, 1.807) is 18.2 Å². The monoisotopic (exact) mass is 526 g/mol. The maximum Gasteiger partial charge on any atom is 0.261 e. The quantitative estimate of drug-likeness (QED) is 0.268. The predicted octanol–water partition coefficient (Wildman–Crippen LogP) is 6.59. The minimum absolute atomic E-state index is 0.0783. The number of rotatable bonds is 9. The Balaban J connectivity index is 1.37. The fourth-order valence-corrected chi connectivity index (χ4v) is 5.15. The summed E-state index contributed by atoms with van der Waals surface area (Å²) in [7, 11) is 0. The molecule has 0 saturated carbocycles. The number of benzene rings is 4. The van der Waals surface area contributed by atoms with E-state index >= 15 is 0 Å². The molecule has 4 aromatic carbocycles. The zero-order chi connectivity index (χ0) is 27.2. The van der Waals surface area contributed by atoms with E-state index in [-0.39, 0.29) is 23.6 Å². The van der Waals surface area contributed by atoms with E-state index in [4.69, 9.17) is 4.74 Å². The zero-order valence-electron chi connectivity index (χ0n) is 21.9. The lowest BCUT2D eigenvalue weighted by Crippen LogP contribution is -2.38. The van der Waals surface area contributed by atoms with Crippen molar-refractivity contribution in [1.29, 1.82) is 0 Å². The van der Waals surface area contributed by atoms with E-state index < -0.39 is 6.10 Å². The van der Waals surface area contributed by atoms with Crippen LogP contribution in [0.2, 0.25) is 0 Å². The second-order valence-corrected chi connectivity index (χ2v) is 9.84. The van der Waals surface area contributed by atoms with Crippen LogP contribution in [-0.2, 0) is 24.3 Å². The maximum absolute atomic E-state index is 14.6. The van der Waals surface area contributed by atoms with Gasteiger partial charge in [0.15, 0.2) is 6.10 Å². The summed E-state index contributed by atoms with van der Waals surface area (Å²) >= 11 is 0. The molecule has 0 saturated heterocycles. The topological polar surface area (TPSA) is 41.6 Å². The molecule has 5 rings (SSSR count). The molecule has 0 unspecified atom stereocenters. The van der Waals surface area contributed by atoms with Gasteiger partial charge in [0.25, 0.3) is 5.91 Å². The molecule has 1 aliphatic heterocycles. The molecule has 1 heterocycles. The van der Waals surface area contributed by atoms with Gasteiger partial charge >= 0.3 is 0 Å². The van der Waals surface area contributed by atoms with Gasteiger partial charge in [-0.05, 0) is 65.4 Å². The lowest BCUT2D eigenvalue weighted by molar-refractivity contribution is -0.128. The minimum Gasteiger partial charge on any atom is -0.481 e. The Kier molecular flexibility index (Phi) is 8.33. The summed E-state index contributed by atoms with van der Waals surface area (Å²) in [5.41, 5.74) is 4.92. The highest BCUT2D eigenvalue weighted by Gasteiger charge is 2.30. The Morgan fingerprint density at radius 1 is 0.974 bits per heavy atom. The average Bonchev–Trinajstić information content (AvgIpc) is 2.97. The van der Waals surface area contributed by atoms with Gasteiger partial charge in [-0.15, -0.1) is 0 Å². The summed E-state index contributed by atoms with van der Waals surface area (Å²) in [4.78, 5) is 15.2. The number of hydrogen-bond acceptors (Lipinski definition) is 3. The van der Waals surface area contributed by atoms with Crippen molar-refractivity contribution >= 4 is 5.91 Å². The number of nitrogens with one attached hydrogen (secondary N) is 1. The van der Waals surface area contributed by atoms with Crippen molar-refractivity contribution < 1.29 is 18.3 Å². The van der Waals surface area contributed by atoms with Crippen LogP contribution in [0.1, 0.15) is 47.2 Å². The van der Waals surface area contributed by atoms with Crippen molar-refractivity contribution in [1.82, 2.24) is 10.2 Å². The van der Waals surface area contributed by atoms with E-state index in [1.807, 2.05) is 49.4 Å². The van der Waals surface area contributed by atoms with Crippen LogP contribution in [0.5, 0.6) is 5.75 Å². The molecule has 1 N–H and O–H groups in total. The van der Waals surface area contributed by atoms with Crippen LogP contribution in [-0.4, -0.2) is 23.5 Å². The van der Waals surface area contributed by atoms with E-state index in [1.165, 1.54) is 23.8 Å². The molecular weight excluding hydrogens is 494 g/mol. The van der Waals surface area contributed by atoms with Gasteiger partial charge in [0, 0.05) is 25.2 Å². The first-order valence-corrected chi connectivity index (χ1v) is 13.4. The molecule has 0 spiro atoms. The molecule has 0 radical (unpaired) electrons. The van der Waals surface area contributed by atoms with Crippen LogP contribution in [0.15, 0.2) is 97.1 Å². The van der Waals surface area contributed by atoms with Crippen molar-refractivity contribution in [3.05, 3.63) is 137 Å². The number of halogens is 2. The van der Waals surface area contributed by atoms with Crippen LogP contribution in [0.3, 0.4) is 0 Å². The normalized spacial score (nSPS) is 15.8. The summed E-state index contributed by atoms with van der Waals surface area (Å²) in [6.45, 7) is 3.48. The molecule has 39 heavy (non-hydrogen) atoms. The molecule has 0 aliphatic carbocycles. The number of carbonyl (C=O) groups is 1. The zero-order valence-corrected chi connectivity index (χ0v) is 21.9. The second kappa shape index (κ2) is 12.2. The Morgan fingerprint density at radius 2 is 1.72 bits per heavy atom. The third-order valence-corrected chi connectivity index (χ3v) is 7.21. The van der Waals surface area contributed by atoms with Crippen molar-refractivity contribution in [3.8, 4) is 5.75 Å². The standard InChI is InChI=1S/C33H32F2N2O2/c1-2-31(33(38)36-21-23-12-15-27(34)16-13-23)39-28-17-14-24-18-19-37(22-26-10-6-7-11-30(26)35)32(29(24)20-28)25-8-4-3-5-9-25/h3-17,20,31-32H,2,18-19,21-22H2,1H3,(H,36,38)/t31-,32+/m0/s1. The Morgan fingerprint density at radius 3 is 2.46 bits per heavy atom. The summed E-state index contributed by atoms with van der Waals surface area (Å²) in [6, 6.07) is 29.1. The summed E-state index contributed by atoms with van der Waals surface area (Å²) in [5, 5.41) is 2.90. The van der Waals surface area contributed by atoms with Gasteiger partial charge < -0.3 is 10.1 Å². The van der Waals surface area contributed by atoms with Gasteiger partial charge in [-0.1, -0.05) is 73.7 Å². The van der Waals surface area contributed by atoms with Crippen molar-refractivity contribution in [2.24, 2.45) is 0 Å². The molecule has 0 fully saturated rings. The average molecular weight is 527 g/mol. The van der Waals surface area contributed by atoms with Gasteiger partial charge in [0.1, 0.15) is 17.4 Å². The third-order valence-electron chi connectivity index (χ3n) is 7.21. The lowest BCUT2D eigenvalue weighted by Gasteiger charge is -2.38. The highest BCUT2D eigenvalue weighted by atomic mass is 19.1. The number of nitrogens with zero attached hydrogens (tertiary/aromatic N) is 1. The Labute approximate surface area is 228 Å². The number of hydrogen-bond donors (Lipinski definition) is 1. The number of ether oxygens (including phenoxy) is 1. The Bertz CT molecular complexity index is 1410. The molecule has 0 aromatic heterocycles. The van der Waals surface area contributed by atoms with E-state index in [9.17, 15) is 13.6 Å². The lowest BCUT2D eigenvalue weighted by atomic mass is 9.87. The highest BCUT2D eigenvalue weighted by molar-refractivity contribution is 5.81. The molecule has 2 atom stereocenters. The summed E-state index contributed by atoms with van der Waals surface area (Å²) in [6.07, 6.45) is 0.660. The first kappa shape index (κ1) is 26.6. The molecule has 0 bridgehead atoms. The molecule has 4 nitrogen and oxygen atoms in total. The van der Waals surface area contributed by atoms with E-state index in [0.717, 1.165) is 29.7 Å². The van der Waals surface area contributed by atoms with Gasteiger partial charge in [-0.25, -0.2) is 8.78 Å². The fraction of sp³-hybridized carbons (Fsp3) is 0.242. The first-order chi connectivity index (χ1) is 19.0. The molecule has 1 aliphatic rings. The molecule has 1 amide bonds. The smallest absolute Gasteiger partial charge is 0.261 e. The second-order valence-electron chi connectivity index (χ2n) is 9.84. The van der Waals surface area contributed by atoms with E-state index in [0.29, 0.717) is 30.8 Å². The van der Waals surface area contributed by atoms with Gasteiger partial charge in [-0.2, -0.15) is 0 Å². The van der Waals surface area contributed by atoms with E-state index in [2.05, 4.69) is 28.4 Å². The number of fused-ring (bicyclic) bond motifs is 1. The Hall–Kier alpha value is -4.03. The van der Waals surface area contributed by atoms with Gasteiger partial charge in [-0.3, -0.25) is 9.69 Å². The summed E-state index contributed by atoms with van der Waals surface area (Å²) < 4.78 is 34.0. The van der Waals surface area contributed by atoms with Gasteiger partial charge in [0.2, 0.25) is 0 Å². The van der Waals surface area contributed by atoms with Crippen molar-refractivity contribution in [2.75, 3.05) is 6.54 Å². The fourth-order valence-electron chi connectivity index (χ4n) is 5.15.